The smallest absolute Gasteiger partial charge is 0.255 e. The molecule has 8 heteroatoms. The number of piperidine rings is 2. The highest BCUT2D eigenvalue weighted by atomic mass is 19.1. The highest BCUT2D eigenvalue weighted by molar-refractivity contribution is 6.05. The second kappa shape index (κ2) is 10.6. The molecule has 3 aliphatic heterocycles. The molecule has 0 radical (unpaired) electrons. The fourth-order valence-electron chi connectivity index (χ4n) is 5.97. The largest absolute Gasteiger partial charge is 0.457 e. The Hall–Kier alpha value is -4.04. The lowest BCUT2D eigenvalue weighted by Crippen LogP contribution is -2.52. The lowest BCUT2D eigenvalue weighted by atomic mass is 9.85. The number of hydrogen-bond acceptors (Lipinski definition) is 5. The van der Waals surface area contributed by atoms with Gasteiger partial charge in [0.1, 0.15) is 23.4 Å². The third-order valence-electron chi connectivity index (χ3n) is 7.99. The molecule has 3 aromatic carbocycles. The van der Waals surface area contributed by atoms with Crippen LogP contribution in [0.2, 0.25) is 0 Å². The van der Waals surface area contributed by atoms with Crippen LogP contribution in [-0.2, 0) is 22.7 Å². The summed E-state index contributed by atoms with van der Waals surface area (Å²) in [6, 6.07) is 20.0. The van der Waals surface area contributed by atoms with Gasteiger partial charge in [0.15, 0.2) is 0 Å². The van der Waals surface area contributed by atoms with Crippen molar-refractivity contribution in [3.8, 4) is 11.5 Å². The lowest BCUT2D eigenvalue weighted by Gasteiger charge is -2.33. The van der Waals surface area contributed by atoms with E-state index in [-0.39, 0.29) is 30.7 Å². The first-order chi connectivity index (χ1) is 18.9. The molecule has 0 aliphatic carbocycles. The highest BCUT2D eigenvalue weighted by Gasteiger charge is 2.41. The van der Waals surface area contributed by atoms with Crippen molar-refractivity contribution in [1.29, 1.82) is 0 Å². The van der Waals surface area contributed by atoms with E-state index >= 15 is 0 Å². The summed E-state index contributed by atoms with van der Waals surface area (Å²) in [6.07, 6.45) is 2.20. The second-order valence-corrected chi connectivity index (χ2v) is 10.5. The average molecular weight is 528 g/mol. The summed E-state index contributed by atoms with van der Waals surface area (Å²) in [4.78, 5) is 41.0. The van der Waals surface area contributed by atoms with Crippen molar-refractivity contribution in [2.24, 2.45) is 0 Å². The van der Waals surface area contributed by atoms with Crippen molar-refractivity contribution in [1.82, 2.24) is 15.1 Å². The van der Waals surface area contributed by atoms with Crippen LogP contribution in [0.3, 0.4) is 0 Å². The van der Waals surface area contributed by atoms with E-state index in [9.17, 15) is 18.8 Å². The average Bonchev–Trinajstić information content (AvgIpc) is 3.26. The van der Waals surface area contributed by atoms with E-state index in [4.69, 9.17) is 4.74 Å². The monoisotopic (exact) mass is 527 g/mol. The summed E-state index contributed by atoms with van der Waals surface area (Å²) in [5.74, 6) is 0.196. The van der Waals surface area contributed by atoms with Gasteiger partial charge in [0.2, 0.25) is 11.8 Å². The molecule has 1 atom stereocenters. The third kappa shape index (κ3) is 5.29. The summed E-state index contributed by atoms with van der Waals surface area (Å²) in [5.41, 5.74) is 3.23. The summed E-state index contributed by atoms with van der Waals surface area (Å²) in [7, 11) is 0. The minimum atomic E-state index is -0.704. The number of rotatable bonds is 6. The van der Waals surface area contributed by atoms with Gasteiger partial charge in [-0.1, -0.05) is 30.3 Å². The number of carbonyl (C=O) groups excluding carboxylic acids is 3. The standard InChI is InChI=1S/C31H30FN3O4/c32-22-16-25(27-19-35(31(38)26(27)17-22)28-10-11-29(36)33-30(28)37)21-12-14-34(15-13-21)18-20-6-8-24(9-7-20)39-23-4-2-1-3-5-23/h1-9,16-17,21,28H,10-15,18-19H2,(H,33,36,37). The molecule has 0 saturated carbocycles. The molecular weight excluding hydrogens is 497 g/mol. The molecule has 3 heterocycles. The number of halogens is 1. The Kier molecular flexibility index (Phi) is 6.87. The molecule has 6 rings (SSSR count). The second-order valence-electron chi connectivity index (χ2n) is 10.5. The maximum Gasteiger partial charge on any atom is 0.255 e. The van der Waals surface area contributed by atoms with Crippen LogP contribution in [0.1, 0.15) is 58.6 Å². The van der Waals surface area contributed by atoms with Crippen molar-refractivity contribution in [3.05, 3.63) is 94.8 Å². The van der Waals surface area contributed by atoms with Crippen LogP contribution < -0.4 is 10.1 Å². The number of ether oxygens (including phenoxy) is 1. The molecule has 39 heavy (non-hydrogen) atoms. The van der Waals surface area contributed by atoms with E-state index in [0.29, 0.717) is 12.0 Å². The van der Waals surface area contributed by atoms with Crippen LogP contribution in [0.25, 0.3) is 0 Å². The first-order valence-electron chi connectivity index (χ1n) is 13.5. The van der Waals surface area contributed by atoms with Crippen molar-refractivity contribution in [3.63, 3.8) is 0 Å². The van der Waals surface area contributed by atoms with Gasteiger partial charge in [0, 0.05) is 25.1 Å². The minimum Gasteiger partial charge on any atom is -0.457 e. The summed E-state index contributed by atoms with van der Waals surface area (Å²) < 4.78 is 20.6. The molecule has 2 saturated heterocycles. The van der Waals surface area contributed by atoms with Gasteiger partial charge in [0.05, 0.1) is 0 Å². The fourth-order valence-corrected chi connectivity index (χ4v) is 5.97. The predicted molar refractivity (Wildman–Crippen MR) is 143 cm³/mol. The Bertz CT molecular complexity index is 1400. The maximum absolute atomic E-state index is 14.7. The van der Waals surface area contributed by atoms with Crippen molar-refractivity contribution < 1.29 is 23.5 Å². The normalized spacial score (nSPS) is 20.2. The first kappa shape index (κ1) is 25.2. The van der Waals surface area contributed by atoms with Gasteiger partial charge in [-0.25, -0.2) is 4.39 Å². The minimum absolute atomic E-state index is 0.141. The summed E-state index contributed by atoms with van der Waals surface area (Å²) in [5, 5.41) is 2.32. The molecule has 7 nitrogen and oxygen atoms in total. The van der Waals surface area contributed by atoms with Crippen LogP contribution in [0.15, 0.2) is 66.7 Å². The summed E-state index contributed by atoms with van der Waals surface area (Å²) in [6.45, 7) is 2.82. The quantitative estimate of drug-likeness (QED) is 0.468. The van der Waals surface area contributed by atoms with E-state index in [2.05, 4.69) is 22.3 Å². The maximum atomic E-state index is 14.7. The van der Waals surface area contributed by atoms with Gasteiger partial charge >= 0.3 is 0 Å². The van der Waals surface area contributed by atoms with Crippen LogP contribution in [0.4, 0.5) is 4.39 Å². The Balaban J connectivity index is 1.09. The van der Waals surface area contributed by atoms with Crippen molar-refractivity contribution in [2.75, 3.05) is 13.1 Å². The van der Waals surface area contributed by atoms with Crippen LogP contribution in [0, 0.1) is 5.82 Å². The zero-order valence-corrected chi connectivity index (χ0v) is 21.6. The molecule has 200 valence electrons. The molecule has 1 N–H and O–H groups in total. The number of amides is 3. The number of likely N-dealkylation sites (tertiary alicyclic amines) is 1. The van der Waals surface area contributed by atoms with Crippen LogP contribution in [0.5, 0.6) is 11.5 Å². The Morgan fingerprint density at radius 3 is 2.33 bits per heavy atom. The molecule has 0 spiro atoms. The number of nitrogens with one attached hydrogen (secondary N) is 1. The zero-order valence-electron chi connectivity index (χ0n) is 21.6. The number of fused-ring (bicyclic) bond motifs is 1. The Morgan fingerprint density at radius 1 is 0.897 bits per heavy atom. The van der Waals surface area contributed by atoms with Gasteiger partial charge in [-0.05, 0) is 91.4 Å². The number of hydrogen-bond donors (Lipinski definition) is 1. The first-order valence-corrected chi connectivity index (χ1v) is 13.5. The number of carbonyl (C=O) groups is 3. The Morgan fingerprint density at radius 2 is 1.62 bits per heavy atom. The topological polar surface area (TPSA) is 79.0 Å². The lowest BCUT2D eigenvalue weighted by molar-refractivity contribution is -0.136. The van der Waals surface area contributed by atoms with Gasteiger partial charge in [-0.15, -0.1) is 0 Å². The van der Waals surface area contributed by atoms with E-state index in [1.807, 2.05) is 42.5 Å². The SMILES string of the molecule is O=C1CCC(N2Cc3c(cc(F)cc3C3CCN(Cc4ccc(Oc5ccccc5)cc4)CC3)C2=O)C(=O)N1. The zero-order chi connectivity index (χ0) is 26.9. The molecule has 0 bridgehead atoms. The summed E-state index contributed by atoms with van der Waals surface area (Å²) >= 11 is 0. The number of nitrogens with zero attached hydrogens (tertiary/aromatic N) is 2. The van der Waals surface area contributed by atoms with Gasteiger partial charge in [-0.2, -0.15) is 0 Å². The van der Waals surface area contributed by atoms with Gasteiger partial charge in [-0.3, -0.25) is 24.6 Å². The van der Waals surface area contributed by atoms with Crippen molar-refractivity contribution >= 4 is 17.7 Å². The molecule has 0 aromatic heterocycles. The predicted octanol–water partition coefficient (Wildman–Crippen LogP) is 4.76. The van der Waals surface area contributed by atoms with Crippen molar-refractivity contribution in [2.45, 2.75) is 50.7 Å². The molecular formula is C31H30FN3O4. The molecule has 1 unspecified atom stereocenters. The van der Waals surface area contributed by atoms with E-state index in [0.717, 1.165) is 55.1 Å². The molecule has 3 aliphatic rings. The third-order valence-corrected chi connectivity index (χ3v) is 7.99. The highest BCUT2D eigenvalue weighted by Crippen LogP contribution is 2.38. The molecule has 3 aromatic rings. The van der Waals surface area contributed by atoms with E-state index < -0.39 is 17.8 Å². The number of benzene rings is 3. The Labute approximate surface area is 226 Å². The number of imide groups is 1. The van der Waals surface area contributed by atoms with Crippen LogP contribution >= 0.6 is 0 Å². The molecule has 3 amide bonds. The molecule has 2 fully saturated rings. The van der Waals surface area contributed by atoms with Gasteiger partial charge in [0.25, 0.3) is 5.91 Å². The number of para-hydroxylation sites is 1. The van der Waals surface area contributed by atoms with Crippen LogP contribution in [-0.4, -0.2) is 46.7 Å². The van der Waals surface area contributed by atoms with Gasteiger partial charge < -0.3 is 9.64 Å². The van der Waals surface area contributed by atoms with E-state index in [1.54, 1.807) is 6.07 Å². The fraction of sp³-hybridized carbons (Fsp3) is 0.323. The van der Waals surface area contributed by atoms with E-state index in [1.165, 1.54) is 16.5 Å².